The maximum absolute atomic E-state index is 10.5. The molecule has 1 aliphatic carbocycles. The van der Waals surface area contributed by atoms with Gasteiger partial charge in [0.15, 0.2) is 11.9 Å². The Labute approximate surface area is 86.0 Å². The molecule has 0 N–H and O–H groups in total. The van der Waals surface area contributed by atoms with Crippen molar-refractivity contribution in [2.24, 2.45) is 0 Å². The van der Waals surface area contributed by atoms with Crippen LogP contribution in [-0.4, -0.2) is 23.1 Å². The zero-order valence-corrected chi connectivity index (χ0v) is 8.17. The average Bonchev–Trinajstić information content (AvgIpc) is 3.02. The summed E-state index contributed by atoms with van der Waals surface area (Å²) in [6.45, 7) is 0. The fourth-order valence-electron chi connectivity index (χ4n) is 1.13. The largest absolute Gasteiger partial charge is 0.492 e. The highest BCUT2D eigenvalue weighted by Gasteiger charge is 2.26. The standard InChI is InChI=1S/C9H10N2O4/c1-14-7-4-9(11(12)13)10-5-8(7)15-6-2-3-6/h4-6H,2-3H2,1H3. The van der Waals surface area contributed by atoms with Gasteiger partial charge in [-0.05, 0) is 22.7 Å². The van der Waals surface area contributed by atoms with E-state index in [-0.39, 0.29) is 11.9 Å². The third-order valence-electron chi connectivity index (χ3n) is 2.04. The third-order valence-corrected chi connectivity index (χ3v) is 2.04. The topological polar surface area (TPSA) is 74.5 Å². The molecule has 15 heavy (non-hydrogen) atoms. The molecule has 0 aromatic carbocycles. The molecule has 1 saturated carbocycles. The molecule has 0 aliphatic heterocycles. The van der Waals surface area contributed by atoms with Crippen molar-refractivity contribution in [3.63, 3.8) is 0 Å². The zero-order valence-electron chi connectivity index (χ0n) is 8.17. The predicted octanol–water partition coefficient (Wildman–Crippen LogP) is 1.54. The van der Waals surface area contributed by atoms with Gasteiger partial charge in [-0.1, -0.05) is 0 Å². The molecule has 80 valence electrons. The minimum atomic E-state index is -0.566. The second-order valence-corrected chi connectivity index (χ2v) is 3.27. The first-order chi connectivity index (χ1) is 7.20. The Bertz CT molecular complexity index is 390. The summed E-state index contributed by atoms with van der Waals surface area (Å²) >= 11 is 0. The van der Waals surface area contributed by atoms with E-state index in [1.807, 2.05) is 0 Å². The van der Waals surface area contributed by atoms with Crippen LogP contribution in [0.2, 0.25) is 0 Å². The smallest absolute Gasteiger partial charge is 0.367 e. The second-order valence-electron chi connectivity index (χ2n) is 3.27. The molecule has 6 heteroatoms. The predicted molar refractivity (Wildman–Crippen MR) is 51.1 cm³/mol. The normalized spacial score (nSPS) is 14.7. The summed E-state index contributed by atoms with van der Waals surface area (Å²) in [6, 6.07) is 1.26. The molecule has 0 atom stereocenters. The van der Waals surface area contributed by atoms with Crippen LogP contribution in [0.4, 0.5) is 5.82 Å². The van der Waals surface area contributed by atoms with Crippen molar-refractivity contribution in [3.8, 4) is 11.5 Å². The van der Waals surface area contributed by atoms with Gasteiger partial charge in [0.2, 0.25) is 5.75 Å². The Hall–Kier alpha value is -1.85. The lowest BCUT2D eigenvalue weighted by Gasteiger charge is -2.07. The first-order valence-electron chi connectivity index (χ1n) is 4.56. The van der Waals surface area contributed by atoms with Crippen LogP contribution in [0.15, 0.2) is 12.3 Å². The van der Waals surface area contributed by atoms with Crippen LogP contribution in [0.1, 0.15) is 12.8 Å². The number of pyridine rings is 1. The van der Waals surface area contributed by atoms with E-state index in [2.05, 4.69) is 4.98 Å². The molecule has 1 aliphatic rings. The lowest BCUT2D eigenvalue weighted by Crippen LogP contribution is -2.00. The fourth-order valence-corrected chi connectivity index (χ4v) is 1.13. The van der Waals surface area contributed by atoms with E-state index in [1.54, 1.807) is 0 Å². The summed E-state index contributed by atoms with van der Waals surface area (Å²) in [7, 11) is 1.44. The zero-order chi connectivity index (χ0) is 10.8. The van der Waals surface area contributed by atoms with E-state index in [4.69, 9.17) is 9.47 Å². The molecule has 1 heterocycles. The molecule has 0 unspecified atom stereocenters. The van der Waals surface area contributed by atoms with Gasteiger partial charge < -0.3 is 19.6 Å². The van der Waals surface area contributed by atoms with Gasteiger partial charge in [0, 0.05) is 0 Å². The van der Waals surface area contributed by atoms with Crippen molar-refractivity contribution >= 4 is 5.82 Å². The van der Waals surface area contributed by atoms with Crippen LogP contribution >= 0.6 is 0 Å². The lowest BCUT2D eigenvalue weighted by atomic mass is 10.4. The molecule has 0 saturated heterocycles. The van der Waals surface area contributed by atoms with Crippen molar-refractivity contribution in [1.29, 1.82) is 0 Å². The van der Waals surface area contributed by atoms with Crippen molar-refractivity contribution in [2.75, 3.05) is 7.11 Å². The Kier molecular flexibility index (Phi) is 2.40. The van der Waals surface area contributed by atoms with Gasteiger partial charge in [-0.2, -0.15) is 0 Å². The molecule has 0 bridgehead atoms. The molecule has 0 amide bonds. The highest BCUT2D eigenvalue weighted by atomic mass is 16.6. The first kappa shape index (κ1) is 9.70. The Morgan fingerprint density at radius 1 is 1.53 bits per heavy atom. The summed E-state index contributed by atoms with van der Waals surface area (Å²) in [6.07, 6.45) is 3.57. The summed E-state index contributed by atoms with van der Waals surface area (Å²) in [5, 5.41) is 10.5. The summed E-state index contributed by atoms with van der Waals surface area (Å²) in [4.78, 5) is 13.6. The Morgan fingerprint density at radius 3 is 2.80 bits per heavy atom. The minimum absolute atomic E-state index is 0.210. The van der Waals surface area contributed by atoms with Gasteiger partial charge in [-0.15, -0.1) is 0 Å². The lowest BCUT2D eigenvalue weighted by molar-refractivity contribution is -0.389. The number of hydrogen-bond acceptors (Lipinski definition) is 5. The Morgan fingerprint density at radius 2 is 2.27 bits per heavy atom. The number of methoxy groups -OCH3 is 1. The minimum Gasteiger partial charge on any atom is -0.492 e. The summed E-state index contributed by atoms with van der Waals surface area (Å²) < 4.78 is 10.5. The SMILES string of the molecule is COc1cc([N+](=O)[O-])ncc1OC1CC1. The van der Waals surface area contributed by atoms with Crippen molar-refractivity contribution in [1.82, 2.24) is 4.98 Å². The molecular weight excluding hydrogens is 200 g/mol. The van der Waals surface area contributed by atoms with Gasteiger partial charge >= 0.3 is 5.82 Å². The number of nitro groups is 1. The number of rotatable bonds is 4. The number of hydrogen-bond donors (Lipinski definition) is 0. The maximum atomic E-state index is 10.5. The van der Waals surface area contributed by atoms with Crippen LogP contribution in [0.3, 0.4) is 0 Å². The van der Waals surface area contributed by atoms with Crippen LogP contribution < -0.4 is 9.47 Å². The highest BCUT2D eigenvalue weighted by Crippen LogP contribution is 2.34. The molecule has 2 rings (SSSR count). The van der Waals surface area contributed by atoms with Crippen molar-refractivity contribution in [2.45, 2.75) is 18.9 Å². The van der Waals surface area contributed by atoms with Crippen LogP contribution in [-0.2, 0) is 0 Å². The van der Waals surface area contributed by atoms with Gasteiger partial charge in [-0.25, -0.2) is 0 Å². The molecule has 1 aromatic heterocycles. The van der Waals surface area contributed by atoms with Crippen molar-refractivity contribution in [3.05, 3.63) is 22.4 Å². The second kappa shape index (κ2) is 3.72. The number of aromatic nitrogens is 1. The monoisotopic (exact) mass is 210 g/mol. The third kappa shape index (κ3) is 2.15. The van der Waals surface area contributed by atoms with Gasteiger partial charge in [-0.3, -0.25) is 0 Å². The van der Waals surface area contributed by atoms with E-state index in [0.717, 1.165) is 12.8 Å². The van der Waals surface area contributed by atoms with Gasteiger partial charge in [0.05, 0.1) is 19.3 Å². The first-order valence-corrected chi connectivity index (χ1v) is 4.56. The van der Waals surface area contributed by atoms with Crippen LogP contribution in [0.5, 0.6) is 11.5 Å². The molecule has 0 radical (unpaired) electrons. The van der Waals surface area contributed by atoms with E-state index in [0.29, 0.717) is 11.5 Å². The molecular formula is C9H10N2O4. The van der Waals surface area contributed by atoms with E-state index >= 15 is 0 Å². The highest BCUT2D eigenvalue weighted by molar-refractivity contribution is 5.43. The number of ether oxygens (including phenoxy) is 2. The Balaban J connectivity index is 2.25. The maximum Gasteiger partial charge on any atom is 0.367 e. The molecule has 1 fully saturated rings. The number of nitrogens with zero attached hydrogens (tertiary/aromatic N) is 2. The quantitative estimate of drug-likeness (QED) is 0.556. The van der Waals surface area contributed by atoms with E-state index in [9.17, 15) is 10.1 Å². The van der Waals surface area contributed by atoms with Gasteiger partial charge in [0.25, 0.3) is 0 Å². The fraction of sp³-hybridized carbons (Fsp3) is 0.444. The van der Waals surface area contributed by atoms with Crippen molar-refractivity contribution < 1.29 is 14.4 Å². The molecule has 1 aromatic rings. The summed E-state index contributed by atoms with van der Waals surface area (Å²) in [5.74, 6) is 0.573. The van der Waals surface area contributed by atoms with Crippen LogP contribution in [0.25, 0.3) is 0 Å². The molecule has 6 nitrogen and oxygen atoms in total. The molecule has 0 spiro atoms. The van der Waals surface area contributed by atoms with E-state index < -0.39 is 4.92 Å². The van der Waals surface area contributed by atoms with E-state index in [1.165, 1.54) is 19.4 Å². The average molecular weight is 210 g/mol. The van der Waals surface area contributed by atoms with Crippen LogP contribution in [0, 0.1) is 10.1 Å². The summed E-state index contributed by atoms with van der Waals surface area (Å²) in [5.41, 5.74) is 0. The van der Waals surface area contributed by atoms with Gasteiger partial charge in [0.1, 0.15) is 0 Å².